The van der Waals surface area contributed by atoms with Crippen molar-refractivity contribution in [1.29, 1.82) is 0 Å². The number of thioether (sulfide) groups is 1. The highest BCUT2D eigenvalue weighted by Gasteiger charge is 2.43. The number of amides is 4. The third-order valence-corrected chi connectivity index (χ3v) is 18.4. The molecule has 0 bridgehead atoms. The predicted octanol–water partition coefficient (Wildman–Crippen LogP) is 5.11. The number of aromatic nitrogens is 4. The van der Waals surface area contributed by atoms with Crippen molar-refractivity contribution in [2.24, 2.45) is 0 Å². The number of ether oxygens (including phenoxy) is 12. The SMILES string of the molecule is Cc1nc(C2CCC(N3C[C@H](C(=O)NCc4cn(CCOCCOCCOCCOCCOCCOCCOCCOCCOCCOCCOCCNC(=O)CCCC[C@@H]5SC[C@@H]6NC(=O)N[C@@H]65)nn4)OC[C@@H]3Cc3ccc(Cl)cc3)CC2)sc1C.Cl. The van der Waals surface area contributed by atoms with Gasteiger partial charge in [0.05, 0.1) is 194 Å². The summed E-state index contributed by atoms with van der Waals surface area (Å²) in [6.45, 7) is 16.7. The molecule has 3 aliphatic heterocycles. The Morgan fingerprint density at radius 3 is 1.80 bits per heavy atom. The molecule has 0 radical (unpaired) electrons. The molecule has 1 aromatic carbocycles. The number of carbonyl (C=O) groups is 3. The fraction of sp³-hybridized carbons (Fsp3) is 0.767. The maximum atomic E-state index is 13.5. The van der Waals surface area contributed by atoms with E-state index < -0.39 is 6.10 Å². The molecule has 88 heavy (non-hydrogen) atoms. The standard InChI is InChI=1S/C60H96ClN9O15S2.ClH/c1-45-46(2)87-59(64-45)48-9-13-51(14-10-48)70-42-54(85-43-52(70)39-47-7-11-49(61)12-8-47)58(72)63-40-50-41-69(68-67-50)16-18-75-20-22-77-24-26-79-28-30-81-32-34-83-36-38-84-37-35-82-33-31-80-29-27-78-25-23-76-21-19-74-17-15-62-56(71)6-4-3-5-55-57-53(44-86-55)65-60(73)66-57;/h7-8,11-12,41,48,51-55,57H,3-6,9-10,13-40,42-44H2,1-2H3,(H,62,71)(H,63,72)(H2,65,66,73);1H/t48?,51?,52-,53-,54+,55-,57-;/m0./s1. The van der Waals surface area contributed by atoms with Gasteiger partial charge >= 0.3 is 6.03 Å². The Hall–Kier alpha value is -3.39. The third-order valence-electron chi connectivity index (χ3n) is 15.4. The molecule has 0 spiro atoms. The fourth-order valence-electron chi connectivity index (χ4n) is 10.6. The van der Waals surface area contributed by atoms with Crippen molar-refractivity contribution in [3.63, 3.8) is 0 Å². The maximum absolute atomic E-state index is 13.5. The van der Waals surface area contributed by atoms with Crippen LogP contribution in [0.15, 0.2) is 30.5 Å². The molecule has 0 unspecified atom stereocenters. The van der Waals surface area contributed by atoms with Gasteiger partial charge in [0.2, 0.25) is 5.91 Å². The molecular weight excluding hydrogens is 1220 g/mol. The van der Waals surface area contributed by atoms with Gasteiger partial charge in [0.15, 0.2) is 0 Å². The van der Waals surface area contributed by atoms with E-state index in [1.165, 1.54) is 15.4 Å². The summed E-state index contributed by atoms with van der Waals surface area (Å²) in [6, 6.07) is 8.95. The molecule has 4 fully saturated rings. The summed E-state index contributed by atoms with van der Waals surface area (Å²) in [5.74, 6) is 1.34. The lowest BCUT2D eigenvalue weighted by molar-refractivity contribution is -0.145. The molecule has 5 heterocycles. The molecule has 2 aromatic heterocycles. The number of aryl methyl sites for hydroxylation is 2. The number of rotatable bonds is 48. The zero-order chi connectivity index (χ0) is 60.9. The normalized spacial score (nSPS) is 21.0. The van der Waals surface area contributed by atoms with Crippen LogP contribution in [0.3, 0.4) is 0 Å². The molecule has 28 heteroatoms. The van der Waals surface area contributed by atoms with E-state index >= 15 is 0 Å². The summed E-state index contributed by atoms with van der Waals surface area (Å²) in [5, 5.41) is 22.8. The molecule has 5 atom stereocenters. The molecule has 4 N–H and O–H groups in total. The van der Waals surface area contributed by atoms with Gasteiger partial charge in [-0.2, -0.15) is 11.8 Å². The van der Waals surface area contributed by atoms with E-state index in [4.69, 9.17) is 73.4 Å². The number of benzene rings is 1. The summed E-state index contributed by atoms with van der Waals surface area (Å²) in [6.07, 6.45) is 9.70. The van der Waals surface area contributed by atoms with E-state index in [1.807, 2.05) is 41.4 Å². The van der Waals surface area contributed by atoms with Gasteiger partial charge in [-0.3, -0.25) is 14.5 Å². The molecule has 24 nitrogen and oxygen atoms in total. The predicted molar refractivity (Wildman–Crippen MR) is 337 cm³/mol. The van der Waals surface area contributed by atoms with E-state index in [0.717, 1.165) is 67.8 Å². The average Bonchev–Trinajstić information content (AvgIpc) is 2.46. The topological polar surface area (TPSA) is 257 Å². The number of nitrogens with one attached hydrogen (secondary N) is 4. The van der Waals surface area contributed by atoms with Gasteiger partial charge in [0, 0.05) is 58.4 Å². The Kier molecular flexibility index (Phi) is 37.0. The minimum Gasteiger partial charge on any atom is -0.377 e. The van der Waals surface area contributed by atoms with Crippen LogP contribution in [0.4, 0.5) is 4.79 Å². The lowest BCUT2D eigenvalue weighted by atomic mass is 9.84. The van der Waals surface area contributed by atoms with Gasteiger partial charge in [0.1, 0.15) is 11.8 Å². The zero-order valence-electron chi connectivity index (χ0n) is 51.6. The number of halogens is 2. The highest BCUT2D eigenvalue weighted by atomic mass is 35.5. The second-order valence-electron chi connectivity index (χ2n) is 21.8. The van der Waals surface area contributed by atoms with Crippen LogP contribution in [0.2, 0.25) is 5.02 Å². The highest BCUT2D eigenvalue weighted by molar-refractivity contribution is 8.00. The first-order chi connectivity index (χ1) is 42.7. The summed E-state index contributed by atoms with van der Waals surface area (Å²) < 4.78 is 69.3. The summed E-state index contributed by atoms with van der Waals surface area (Å²) in [5.41, 5.74) is 3.01. The van der Waals surface area contributed by atoms with Crippen molar-refractivity contribution in [3.05, 3.63) is 62.3 Å². The molecule has 1 aliphatic carbocycles. The van der Waals surface area contributed by atoms with Gasteiger partial charge in [-0.25, -0.2) is 14.5 Å². The Bertz CT molecular complexity index is 2350. The van der Waals surface area contributed by atoms with E-state index in [0.29, 0.717) is 201 Å². The third kappa shape index (κ3) is 28.6. The van der Waals surface area contributed by atoms with E-state index in [1.54, 1.807) is 4.68 Å². The zero-order valence-corrected chi connectivity index (χ0v) is 54.8. The number of fused-ring (bicyclic) bond motifs is 1. The summed E-state index contributed by atoms with van der Waals surface area (Å²) >= 11 is 9.94. The quantitative estimate of drug-likeness (QED) is 0.0423. The Morgan fingerprint density at radius 1 is 0.705 bits per heavy atom. The van der Waals surface area contributed by atoms with Crippen molar-refractivity contribution < 1.29 is 71.2 Å². The molecule has 498 valence electrons. The van der Waals surface area contributed by atoms with Crippen molar-refractivity contribution in [3.8, 4) is 0 Å². The molecule has 7 rings (SSSR count). The number of unbranched alkanes of at least 4 members (excludes halogenated alkanes) is 1. The van der Waals surface area contributed by atoms with Crippen LogP contribution < -0.4 is 21.3 Å². The lowest BCUT2D eigenvalue weighted by Crippen LogP contribution is -2.58. The van der Waals surface area contributed by atoms with Gasteiger partial charge in [-0.05, 0) is 76.5 Å². The number of thiazole rings is 1. The average molecular weight is 1320 g/mol. The minimum absolute atomic E-state index is 0. The van der Waals surface area contributed by atoms with Gasteiger partial charge < -0.3 is 78.1 Å². The van der Waals surface area contributed by atoms with Crippen LogP contribution in [-0.2, 0) is 85.9 Å². The van der Waals surface area contributed by atoms with Crippen LogP contribution in [0.5, 0.6) is 0 Å². The molecule has 3 aromatic rings. The highest BCUT2D eigenvalue weighted by Crippen LogP contribution is 2.39. The Labute approximate surface area is 538 Å². The summed E-state index contributed by atoms with van der Waals surface area (Å²) in [7, 11) is 0. The smallest absolute Gasteiger partial charge is 0.315 e. The second-order valence-corrected chi connectivity index (χ2v) is 24.8. The number of hydrogen-bond donors (Lipinski definition) is 4. The Morgan fingerprint density at radius 2 is 1.25 bits per heavy atom. The molecule has 1 saturated carbocycles. The minimum atomic E-state index is -0.577. The largest absolute Gasteiger partial charge is 0.377 e. The summed E-state index contributed by atoms with van der Waals surface area (Å²) in [4.78, 5) is 45.9. The first-order valence-corrected chi connectivity index (χ1v) is 33.5. The van der Waals surface area contributed by atoms with Crippen molar-refractivity contribution in [1.82, 2.24) is 46.1 Å². The lowest BCUT2D eigenvalue weighted by Gasteiger charge is -2.45. The van der Waals surface area contributed by atoms with Gasteiger partial charge in [-0.1, -0.05) is 35.4 Å². The van der Waals surface area contributed by atoms with E-state index in [-0.39, 0.29) is 54.9 Å². The van der Waals surface area contributed by atoms with Crippen LogP contribution in [-0.4, -0.2) is 249 Å². The van der Waals surface area contributed by atoms with Crippen LogP contribution in [0.25, 0.3) is 0 Å². The number of urea groups is 1. The molecule has 4 amide bonds. The maximum Gasteiger partial charge on any atom is 0.315 e. The number of carbonyl (C=O) groups excluding carboxylic acids is 3. The van der Waals surface area contributed by atoms with Crippen molar-refractivity contribution in [2.75, 3.05) is 171 Å². The Balaban J connectivity index is 0.0000124. The fourth-order valence-corrected chi connectivity index (χ4v) is 13.4. The first-order valence-electron chi connectivity index (χ1n) is 31.2. The van der Waals surface area contributed by atoms with E-state index in [9.17, 15) is 14.4 Å². The second kappa shape index (κ2) is 44.2. The van der Waals surface area contributed by atoms with Crippen LogP contribution in [0.1, 0.15) is 84.1 Å². The van der Waals surface area contributed by atoms with Gasteiger partial charge in [-0.15, -0.1) is 28.8 Å². The number of nitrogens with zero attached hydrogens (tertiary/aromatic N) is 5. The number of hydrogen-bond acceptors (Lipinski definition) is 21. The first kappa shape index (κ1) is 73.7. The van der Waals surface area contributed by atoms with Crippen LogP contribution >= 0.6 is 47.1 Å². The van der Waals surface area contributed by atoms with Crippen molar-refractivity contribution in [2.45, 2.75) is 126 Å². The van der Waals surface area contributed by atoms with Crippen molar-refractivity contribution >= 4 is 65.0 Å². The molecule has 3 saturated heterocycles. The van der Waals surface area contributed by atoms with E-state index in [2.05, 4.69) is 62.5 Å². The van der Waals surface area contributed by atoms with Gasteiger partial charge in [0.25, 0.3) is 5.91 Å². The van der Waals surface area contributed by atoms with Crippen LogP contribution in [0, 0.1) is 13.8 Å². The number of morpholine rings is 1. The monoisotopic (exact) mass is 1320 g/mol. The molecular formula is C60H97Cl2N9O15S2. The molecule has 4 aliphatic rings.